The van der Waals surface area contributed by atoms with Crippen molar-refractivity contribution in [2.75, 3.05) is 5.32 Å². The molecule has 9 heteroatoms. The van der Waals surface area contributed by atoms with Crippen LogP contribution in [0.4, 0.5) is 18.9 Å². The Morgan fingerprint density at radius 3 is 2.67 bits per heavy atom. The molecule has 124 valence electrons. The van der Waals surface area contributed by atoms with Crippen molar-refractivity contribution in [2.24, 2.45) is 7.05 Å². The van der Waals surface area contributed by atoms with Crippen molar-refractivity contribution < 1.29 is 18.0 Å². The lowest BCUT2D eigenvalue weighted by molar-refractivity contribution is 0.102. The van der Waals surface area contributed by atoms with Crippen LogP contribution in [0.2, 0.25) is 0 Å². The zero-order valence-corrected chi connectivity index (χ0v) is 13.3. The van der Waals surface area contributed by atoms with Gasteiger partial charge in [0.25, 0.3) is 11.5 Å². The van der Waals surface area contributed by atoms with Crippen LogP contribution in [0.1, 0.15) is 15.2 Å². The van der Waals surface area contributed by atoms with E-state index in [4.69, 9.17) is 0 Å². The molecule has 5 nitrogen and oxygen atoms in total. The van der Waals surface area contributed by atoms with E-state index in [-0.39, 0.29) is 10.4 Å². The number of amides is 1. The maximum Gasteiger partial charge on any atom is 0.266 e. The normalized spacial score (nSPS) is 11.0. The number of carbonyl (C=O) groups excluding carboxylic acids is 1. The summed E-state index contributed by atoms with van der Waals surface area (Å²) in [5, 5.41) is 2.48. The second-order valence-electron chi connectivity index (χ2n) is 5.07. The second kappa shape index (κ2) is 5.75. The number of hydrogen-bond acceptors (Lipinski definition) is 4. The maximum atomic E-state index is 13.7. The average molecular weight is 353 g/mol. The first kappa shape index (κ1) is 16.2. The molecule has 1 aromatic carbocycles. The molecule has 0 bridgehead atoms. The molecule has 0 radical (unpaired) electrons. The Bertz CT molecular complexity index is 1040. The summed E-state index contributed by atoms with van der Waals surface area (Å²) < 4.78 is 41.1. The van der Waals surface area contributed by atoms with Crippen molar-refractivity contribution in [2.45, 2.75) is 6.92 Å². The molecule has 1 N–H and O–H groups in total. The van der Waals surface area contributed by atoms with Gasteiger partial charge in [-0.25, -0.2) is 18.2 Å². The fraction of sp³-hybridized carbons (Fsp3) is 0.133. The molecule has 1 amide bonds. The molecular formula is C15H10F3N3O2S. The van der Waals surface area contributed by atoms with E-state index in [1.54, 1.807) is 6.92 Å². The molecule has 0 spiro atoms. The number of nitrogens with one attached hydrogen (secondary N) is 1. The van der Waals surface area contributed by atoms with Crippen LogP contribution in [0.3, 0.4) is 0 Å². The van der Waals surface area contributed by atoms with Crippen LogP contribution in [0, 0.1) is 24.4 Å². The Labute approximate surface area is 137 Å². The first-order valence-corrected chi connectivity index (χ1v) is 7.52. The van der Waals surface area contributed by atoms with Gasteiger partial charge in [0.2, 0.25) is 0 Å². The standard InChI is InChI=1S/C15H10F3N3O2S/c1-6-9-14(19-5-21(2)15(9)23)24-12(6)13(22)20-8-4-3-7(16)10(17)11(8)18/h3-5H,1-2H3,(H,20,22). The summed E-state index contributed by atoms with van der Waals surface area (Å²) in [6.45, 7) is 1.57. The van der Waals surface area contributed by atoms with Gasteiger partial charge in [-0.2, -0.15) is 0 Å². The van der Waals surface area contributed by atoms with Crippen molar-refractivity contribution >= 4 is 33.1 Å². The van der Waals surface area contributed by atoms with Gasteiger partial charge in [0.05, 0.1) is 22.3 Å². The number of benzene rings is 1. The summed E-state index contributed by atoms with van der Waals surface area (Å²) >= 11 is 0.961. The third kappa shape index (κ3) is 2.46. The van der Waals surface area contributed by atoms with Crippen molar-refractivity contribution in [1.82, 2.24) is 9.55 Å². The molecule has 0 saturated heterocycles. The molecule has 0 saturated carbocycles. The largest absolute Gasteiger partial charge is 0.319 e. The summed E-state index contributed by atoms with van der Waals surface area (Å²) in [6.07, 6.45) is 1.33. The minimum Gasteiger partial charge on any atom is -0.319 e. The molecule has 0 fully saturated rings. The van der Waals surface area contributed by atoms with Crippen LogP contribution in [-0.2, 0) is 7.05 Å². The van der Waals surface area contributed by atoms with Crippen LogP contribution in [0.25, 0.3) is 10.2 Å². The van der Waals surface area contributed by atoms with E-state index in [9.17, 15) is 22.8 Å². The van der Waals surface area contributed by atoms with E-state index in [1.165, 1.54) is 17.9 Å². The number of rotatable bonds is 2. The highest BCUT2D eigenvalue weighted by Gasteiger charge is 2.21. The van der Waals surface area contributed by atoms with Gasteiger partial charge < -0.3 is 9.88 Å². The molecular weight excluding hydrogens is 343 g/mol. The lowest BCUT2D eigenvalue weighted by atomic mass is 10.2. The van der Waals surface area contributed by atoms with E-state index in [0.717, 1.165) is 17.4 Å². The smallest absolute Gasteiger partial charge is 0.266 e. The van der Waals surface area contributed by atoms with Crippen LogP contribution >= 0.6 is 11.3 Å². The Morgan fingerprint density at radius 1 is 1.25 bits per heavy atom. The highest BCUT2D eigenvalue weighted by Crippen LogP contribution is 2.28. The van der Waals surface area contributed by atoms with Crippen molar-refractivity contribution in [3.05, 3.63) is 56.7 Å². The highest BCUT2D eigenvalue weighted by atomic mass is 32.1. The van der Waals surface area contributed by atoms with E-state index >= 15 is 0 Å². The van der Waals surface area contributed by atoms with E-state index in [2.05, 4.69) is 10.3 Å². The molecule has 3 aromatic rings. The topological polar surface area (TPSA) is 64.0 Å². The van der Waals surface area contributed by atoms with Gasteiger partial charge in [-0.15, -0.1) is 11.3 Å². The monoisotopic (exact) mass is 353 g/mol. The summed E-state index contributed by atoms with van der Waals surface area (Å²) in [5.74, 6) is -5.24. The fourth-order valence-electron chi connectivity index (χ4n) is 2.23. The van der Waals surface area contributed by atoms with Crippen molar-refractivity contribution in [3.8, 4) is 0 Å². The van der Waals surface area contributed by atoms with Crippen LogP contribution in [0.15, 0.2) is 23.3 Å². The van der Waals surface area contributed by atoms with Crippen LogP contribution < -0.4 is 10.9 Å². The van der Waals surface area contributed by atoms with Crippen molar-refractivity contribution in [3.63, 3.8) is 0 Å². The highest BCUT2D eigenvalue weighted by molar-refractivity contribution is 7.20. The molecule has 24 heavy (non-hydrogen) atoms. The van der Waals surface area contributed by atoms with Gasteiger partial charge in [-0.3, -0.25) is 9.59 Å². The number of fused-ring (bicyclic) bond motifs is 1. The fourth-order valence-corrected chi connectivity index (χ4v) is 3.26. The van der Waals surface area contributed by atoms with Gasteiger partial charge in [0.15, 0.2) is 17.5 Å². The Kier molecular flexibility index (Phi) is 3.88. The second-order valence-corrected chi connectivity index (χ2v) is 6.07. The van der Waals surface area contributed by atoms with Gasteiger partial charge >= 0.3 is 0 Å². The van der Waals surface area contributed by atoms with E-state index < -0.39 is 29.0 Å². The maximum absolute atomic E-state index is 13.7. The number of aromatic nitrogens is 2. The quantitative estimate of drug-likeness (QED) is 0.721. The predicted molar refractivity (Wildman–Crippen MR) is 83.9 cm³/mol. The van der Waals surface area contributed by atoms with Gasteiger partial charge in [0, 0.05) is 7.05 Å². The van der Waals surface area contributed by atoms with Crippen LogP contribution in [-0.4, -0.2) is 15.5 Å². The van der Waals surface area contributed by atoms with Crippen molar-refractivity contribution in [1.29, 1.82) is 0 Å². The van der Waals surface area contributed by atoms with Crippen LogP contribution in [0.5, 0.6) is 0 Å². The number of nitrogens with zero attached hydrogens (tertiary/aromatic N) is 2. The lowest BCUT2D eigenvalue weighted by Crippen LogP contribution is -2.17. The Morgan fingerprint density at radius 2 is 1.96 bits per heavy atom. The summed E-state index contributed by atoms with van der Waals surface area (Å²) in [7, 11) is 1.53. The molecule has 0 aliphatic carbocycles. The molecule has 2 heterocycles. The summed E-state index contributed by atoms with van der Waals surface area (Å²) in [4.78, 5) is 29.0. The zero-order valence-electron chi connectivity index (χ0n) is 12.5. The molecule has 0 aliphatic heterocycles. The average Bonchev–Trinajstić information content (AvgIpc) is 2.89. The third-order valence-corrected chi connectivity index (χ3v) is 4.70. The Balaban J connectivity index is 2.04. The Hall–Kier alpha value is -2.68. The first-order valence-electron chi connectivity index (χ1n) is 6.70. The minimum absolute atomic E-state index is 0.143. The molecule has 0 unspecified atom stereocenters. The SMILES string of the molecule is Cc1c(C(=O)Nc2ccc(F)c(F)c2F)sc2ncn(C)c(=O)c12. The lowest BCUT2D eigenvalue weighted by Gasteiger charge is -2.06. The van der Waals surface area contributed by atoms with E-state index in [1.807, 2.05) is 0 Å². The minimum atomic E-state index is -1.67. The number of halogens is 3. The van der Waals surface area contributed by atoms with Gasteiger partial charge in [0.1, 0.15) is 4.83 Å². The molecule has 0 aliphatic rings. The van der Waals surface area contributed by atoms with Gasteiger partial charge in [-0.05, 0) is 24.6 Å². The van der Waals surface area contributed by atoms with E-state index in [0.29, 0.717) is 21.8 Å². The first-order chi connectivity index (χ1) is 11.3. The number of carbonyl (C=O) groups is 1. The third-order valence-electron chi connectivity index (χ3n) is 3.50. The number of hydrogen-bond donors (Lipinski definition) is 1. The predicted octanol–water partition coefficient (Wildman–Crippen LogP) is 2.97. The van der Waals surface area contributed by atoms with Gasteiger partial charge in [-0.1, -0.05) is 0 Å². The molecule has 0 atom stereocenters. The summed E-state index contributed by atoms with van der Waals surface area (Å²) in [5.41, 5.74) is -0.410. The number of aryl methyl sites for hydroxylation is 2. The zero-order chi connectivity index (χ0) is 17.6. The summed E-state index contributed by atoms with van der Waals surface area (Å²) in [6, 6.07) is 1.63. The number of thiophene rings is 1. The molecule has 3 rings (SSSR count). The number of anilines is 1. The molecule has 2 aromatic heterocycles.